The molecule has 30 heavy (non-hydrogen) atoms. The summed E-state index contributed by atoms with van der Waals surface area (Å²) in [5, 5.41) is 5.40. The molecule has 3 rings (SSSR count). The topological polar surface area (TPSA) is 95.1 Å². The van der Waals surface area contributed by atoms with Crippen molar-refractivity contribution < 1.29 is 28.5 Å². The molecule has 2 amide bonds. The lowest BCUT2D eigenvalue weighted by molar-refractivity contribution is -0.140. The van der Waals surface area contributed by atoms with Gasteiger partial charge in [0, 0.05) is 11.3 Å². The molecule has 8 heteroatoms. The maximum Gasteiger partial charge on any atom is 0.338 e. The van der Waals surface area contributed by atoms with Crippen LogP contribution in [-0.4, -0.2) is 33.3 Å². The molecule has 1 aliphatic rings. The number of benzene rings is 2. The zero-order valence-electron chi connectivity index (χ0n) is 17.3. The number of allylic oxidation sites excluding steroid dienone is 1. The largest absolute Gasteiger partial charge is 0.497 e. The van der Waals surface area contributed by atoms with Crippen molar-refractivity contribution in [3.05, 3.63) is 64.9 Å². The van der Waals surface area contributed by atoms with E-state index in [1.807, 2.05) is 12.1 Å². The third-order valence-corrected chi connectivity index (χ3v) is 4.76. The highest BCUT2D eigenvalue weighted by molar-refractivity contribution is 5.95. The zero-order valence-corrected chi connectivity index (χ0v) is 17.3. The van der Waals surface area contributed by atoms with E-state index in [4.69, 9.17) is 18.9 Å². The number of nitrogens with one attached hydrogen (secondary N) is 2. The Kier molecular flexibility index (Phi) is 6.46. The summed E-state index contributed by atoms with van der Waals surface area (Å²) < 4.78 is 21.5. The van der Waals surface area contributed by atoms with E-state index in [2.05, 4.69) is 10.6 Å². The number of hydrogen-bond acceptors (Lipinski definition) is 6. The van der Waals surface area contributed by atoms with Gasteiger partial charge in [-0.15, -0.1) is 0 Å². The van der Waals surface area contributed by atoms with Gasteiger partial charge in [-0.3, -0.25) is 0 Å². The van der Waals surface area contributed by atoms with Crippen molar-refractivity contribution in [1.82, 2.24) is 10.6 Å². The Hall–Kier alpha value is -3.68. The third-order valence-electron chi connectivity index (χ3n) is 4.76. The molecule has 2 aromatic carbocycles. The molecule has 1 atom stereocenters. The van der Waals surface area contributed by atoms with Crippen LogP contribution in [0.15, 0.2) is 53.7 Å². The van der Waals surface area contributed by atoms with Crippen molar-refractivity contribution >= 4 is 12.0 Å². The van der Waals surface area contributed by atoms with Crippen LogP contribution in [0.3, 0.4) is 0 Å². The molecule has 2 aromatic rings. The summed E-state index contributed by atoms with van der Waals surface area (Å²) in [4.78, 5) is 25.1. The maximum atomic E-state index is 13.0. The smallest absolute Gasteiger partial charge is 0.338 e. The summed E-state index contributed by atoms with van der Waals surface area (Å²) in [6.45, 7) is 1.73. The Balaban J connectivity index is 1.89. The quantitative estimate of drug-likeness (QED) is 0.679. The van der Waals surface area contributed by atoms with E-state index < -0.39 is 18.0 Å². The standard InChI is InChI=1S/C22H24N2O6/c1-13-18(21(25)30-12-14-8-10-15(27-2)11-9-14)19(24-22(26)23-13)16-6-5-7-17(28-3)20(16)29-4/h5-11,19H,12H2,1-4H3,(H2,23,24,26)/t19-/m1/s1. The number of carbonyl (C=O) groups excluding carboxylic acids is 2. The number of rotatable bonds is 7. The molecule has 0 saturated heterocycles. The van der Waals surface area contributed by atoms with Crippen LogP contribution in [0.2, 0.25) is 0 Å². The van der Waals surface area contributed by atoms with Gasteiger partial charge in [-0.2, -0.15) is 0 Å². The van der Waals surface area contributed by atoms with Crippen LogP contribution in [0.4, 0.5) is 4.79 Å². The normalized spacial score (nSPS) is 15.7. The second-order valence-electron chi connectivity index (χ2n) is 6.58. The second kappa shape index (κ2) is 9.21. The van der Waals surface area contributed by atoms with Gasteiger partial charge >= 0.3 is 12.0 Å². The Morgan fingerprint density at radius 3 is 2.37 bits per heavy atom. The molecule has 0 saturated carbocycles. The highest BCUT2D eigenvalue weighted by Crippen LogP contribution is 2.39. The van der Waals surface area contributed by atoms with Crippen LogP contribution in [0.25, 0.3) is 0 Å². The lowest BCUT2D eigenvalue weighted by atomic mass is 9.94. The lowest BCUT2D eigenvalue weighted by Gasteiger charge is -2.29. The van der Waals surface area contributed by atoms with E-state index in [1.165, 1.54) is 14.2 Å². The molecular weight excluding hydrogens is 388 g/mol. The number of methoxy groups -OCH3 is 3. The van der Waals surface area contributed by atoms with Crippen molar-refractivity contribution in [3.63, 3.8) is 0 Å². The van der Waals surface area contributed by atoms with Gasteiger partial charge in [0.15, 0.2) is 11.5 Å². The minimum atomic E-state index is -0.757. The van der Waals surface area contributed by atoms with Gasteiger partial charge in [0.1, 0.15) is 12.4 Å². The van der Waals surface area contributed by atoms with Gasteiger partial charge < -0.3 is 29.6 Å². The van der Waals surface area contributed by atoms with Gasteiger partial charge in [0.05, 0.1) is 32.9 Å². The zero-order chi connectivity index (χ0) is 21.7. The molecule has 0 unspecified atom stereocenters. The van der Waals surface area contributed by atoms with Crippen LogP contribution >= 0.6 is 0 Å². The lowest BCUT2D eigenvalue weighted by Crippen LogP contribution is -2.45. The number of urea groups is 1. The number of carbonyl (C=O) groups is 2. The first-order chi connectivity index (χ1) is 14.5. The summed E-state index contributed by atoms with van der Waals surface area (Å²) in [7, 11) is 4.61. The molecule has 0 radical (unpaired) electrons. The molecule has 0 aromatic heterocycles. The second-order valence-corrected chi connectivity index (χ2v) is 6.58. The fourth-order valence-corrected chi connectivity index (χ4v) is 3.29. The van der Waals surface area contributed by atoms with Crippen LogP contribution in [0.1, 0.15) is 24.1 Å². The maximum absolute atomic E-state index is 13.0. The molecule has 1 aliphatic heterocycles. The summed E-state index contributed by atoms with van der Waals surface area (Å²) in [6, 6.07) is 11.3. The van der Waals surface area contributed by atoms with Crippen molar-refractivity contribution in [2.75, 3.05) is 21.3 Å². The highest BCUT2D eigenvalue weighted by Gasteiger charge is 2.34. The Morgan fingerprint density at radius 2 is 1.73 bits per heavy atom. The SMILES string of the molecule is COc1ccc(COC(=O)C2=C(C)NC(=O)N[C@@H]2c2cccc(OC)c2OC)cc1. The van der Waals surface area contributed by atoms with Crippen molar-refractivity contribution in [2.24, 2.45) is 0 Å². The molecule has 0 bridgehead atoms. The predicted octanol–water partition coefficient (Wildman–Crippen LogP) is 3.08. The van der Waals surface area contributed by atoms with Crippen molar-refractivity contribution in [2.45, 2.75) is 19.6 Å². The minimum absolute atomic E-state index is 0.0789. The summed E-state index contributed by atoms with van der Waals surface area (Å²) in [5.41, 5.74) is 2.09. The predicted molar refractivity (Wildman–Crippen MR) is 109 cm³/mol. The van der Waals surface area contributed by atoms with Crippen LogP contribution in [0, 0.1) is 0 Å². The number of ether oxygens (including phenoxy) is 4. The van der Waals surface area contributed by atoms with Crippen molar-refractivity contribution in [3.8, 4) is 17.2 Å². The minimum Gasteiger partial charge on any atom is -0.497 e. The fourth-order valence-electron chi connectivity index (χ4n) is 3.29. The number of esters is 1. The van der Waals surface area contributed by atoms with E-state index in [9.17, 15) is 9.59 Å². The summed E-state index contributed by atoms with van der Waals surface area (Å²) in [6.07, 6.45) is 0. The first kappa shape index (κ1) is 21.0. The molecule has 1 heterocycles. The van der Waals surface area contributed by atoms with E-state index in [0.717, 1.165) is 5.56 Å². The molecule has 0 spiro atoms. The monoisotopic (exact) mass is 412 g/mol. The Morgan fingerprint density at radius 1 is 1.00 bits per heavy atom. The van der Waals surface area contributed by atoms with Crippen LogP contribution < -0.4 is 24.8 Å². The van der Waals surface area contributed by atoms with Gasteiger partial charge in [0.25, 0.3) is 0 Å². The molecule has 0 fully saturated rings. The molecule has 2 N–H and O–H groups in total. The van der Waals surface area contributed by atoms with Gasteiger partial charge in [-0.1, -0.05) is 24.3 Å². The summed E-state index contributed by atoms with van der Waals surface area (Å²) >= 11 is 0. The van der Waals surface area contributed by atoms with Gasteiger partial charge in [-0.25, -0.2) is 9.59 Å². The van der Waals surface area contributed by atoms with E-state index in [0.29, 0.717) is 28.5 Å². The number of para-hydroxylation sites is 1. The first-order valence-electron chi connectivity index (χ1n) is 9.27. The number of amides is 2. The Bertz CT molecular complexity index is 968. The Labute approximate surface area is 174 Å². The molecule has 8 nitrogen and oxygen atoms in total. The fraction of sp³-hybridized carbons (Fsp3) is 0.273. The third kappa shape index (κ3) is 4.32. The molecule has 158 valence electrons. The summed E-state index contributed by atoms with van der Waals surface area (Å²) in [5.74, 6) is 1.09. The first-order valence-corrected chi connectivity index (χ1v) is 9.27. The highest BCUT2D eigenvalue weighted by atomic mass is 16.5. The molecule has 0 aliphatic carbocycles. The number of hydrogen-bond donors (Lipinski definition) is 2. The van der Waals surface area contributed by atoms with E-state index in [1.54, 1.807) is 44.4 Å². The van der Waals surface area contributed by atoms with E-state index in [-0.39, 0.29) is 12.2 Å². The van der Waals surface area contributed by atoms with E-state index >= 15 is 0 Å². The van der Waals surface area contributed by atoms with Crippen molar-refractivity contribution in [1.29, 1.82) is 0 Å². The van der Waals surface area contributed by atoms with Crippen LogP contribution in [0.5, 0.6) is 17.2 Å². The average Bonchev–Trinajstić information content (AvgIpc) is 2.76. The molecular formula is C22H24N2O6. The van der Waals surface area contributed by atoms with Crippen LogP contribution in [-0.2, 0) is 16.1 Å². The van der Waals surface area contributed by atoms with Gasteiger partial charge in [-0.05, 0) is 30.7 Å². The van der Waals surface area contributed by atoms with Gasteiger partial charge in [0.2, 0.25) is 0 Å². The average molecular weight is 412 g/mol.